The van der Waals surface area contributed by atoms with E-state index >= 15 is 0 Å². The minimum absolute atomic E-state index is 0.185. The van der Waals surface area contributed by atoms with Crippen LogP contribution in [-0.4, -0.2) is 46.3 Å². The number of rotatable bonds is 9. The van der Waals surface area contributed by atoms with Gasteiger partial charge in [-0.15, -0.1) is 0 Å². The summed E-state index contributed by atoms with van der Waals surface area (Å²) in [5.74, 6) is 0.606. The Morgan fingerprint density at radius 1 is 0.971 bits per heavy atom. The number of aliphatic hydroxyl groups excluding tert-OH is 1. The van der Waals surface area contributed by atoms with E-state index in [1.54, 1.807) is 31.4 Å². The van der Waals surface area contributed by atoms with Crippen molar-refractivity contribution in [1.82, 2.24) is 5.32 Å². The van der Waals surface area contributed by atoms with Crippen LogP contribution in [0.1, 0.15) is 24.5 Å². The fourth-order valence-corrected chi connectivity index (χ4v) is 5.18. The molecule has 1 aliphatic rings. The van der Waals surface area contributed by atoms with Crippen LogP contribution in [0.5, 0.6) is 5.75 Å². The Morgan fingerprint density at radius 2 is 1.62 bits per heavy atom. The largest absolute Gasteiger partial charge is 0.497 e. The summed E-state index contributed by atoms with van der Waals surface area (Å²) in [6.07, 6.45) is 1.45. The van der Waals surface area contributed by atoms with Crippen LogP contribution in [0.2, 0.25) is 0 Å². The first-order chi connectivity index (χ1) is 16.4. The summed E-state index contributed by atoms with van der Waals surface area (Å²) in [5, 5.41) is 13.8. The van der Waals surface area contributed by atoms with Crippen molar-refractivity contribution in [3.63, 3.8) is 0 Å². The van der Waals surface area contributed by atoms with Crippen molar-refractivity contribution in [3.05, 3.63) is 84.4 Å². The zero-order chi connectivity index (χ0) is 24.0. The summed E-state index contributed by atoms with van der Waals surface area (Å²) in [7, 11) is -2.12. The third-order valence-electron chi connectivity index (χ3n) is 6.13. The number of benzene rings is 3. The SMILES string of the molecule is COc1ccc(S(=O)(=O)Nc2ccc(N3CCC(NC[C@H](O)c4ccccc4)CC3)cc2)cc1. The van der Waals surface area contributed by atoms with E-state index in [0.29, 0.717) is 24.0 Å². The number of anilines is 2. The molecule has 3 aromatic rings. The van der Waals surface area contributed by atoms with Gasteiger partial charge in [0.05, 0.1) is 18.1 Å². The van der Waals surface area contributed by atoms with Crippen LogP contribution in [0.3, 0.4) is 0 Å². The number of nitrogens with one attached hydrogen (secondary N) is 2. The first kappa shape index (κ1) is 24.1. The predicted molar refractivity (Wildman–Crippen MR) is 135 cm³/mol. The molecule has 0 saturated carbocycles. The van der Waals surface area contributed by atoms with Gasteiger partial charge in [0.2, 0.25) is 0 Å². The Morgan fingerprint density at radius 3 is 2.24 bits per heavy atom. The number of ether oxygens (including phenoxy) is 1. The topological polar surface area (TPSA) is 90.9 Å². The third kappa shape index (κ3) is 6.08. The first-order valence-electron chi connectivity index (χ1n) is 11.4. The van der Waals surface area contributed by atoms with Crippen molar-refractivity contribution in [1.29, 1.82) is 0 Å². The lowest BCUT2D eigenvalue weighted by atomic mass is 10.0. The monoisotopic (exact) mass is 481 g/mol. The zero-order valence-electron chi connectivity index (χ0n) is 19.2. The van der Waals surface area contributed by atoms with Gasteiger partial charge in [0, 0.05) is 37.1 Å². The Labute approximate surface area is 201 Å². The smallest absolute Gasteiger partial charge is 0.261 e. The van der Waals surface area contributed by atoms with E-state index < -0.39 is 16.1 Å². The molecular formula is C26H31N3O4S. The highest BCUT2D eigenvalue weighted by Crippen LogP contribution is 2.24. The van der Waals surface area contributed by atoms with E-state index in [-0.39, 0.29) is 4.90 Å². The van der Waals surface area contributed by atoms with Crippen molar-refractivity contribution < 1.29 is 18.3 Å². The van der Waals surface area contributed by atoms with Crippen molar-refractivity contribution in [3.8, 4) is 5.75 Å². The van der Waals surface area contributed by atoms with Crippen LogP contribution in [0.4, 0.5) is 11.4 Å². The molecule has 0 unspecified atom stereocenters. The Balaban J connectivity index is 1.27. The van der Waals surface area contributed by atoms with Crippen LogP contribution >= 0.6 is 0 Å². The predicted octanol–water partition coefficient (Wildman–Crippen LogP) is 3.79. The normalized spacial score (nSPS) is 15.6. The highest BCUT2D eigenvalue weighted by molar-refractivity contribution is 7.92. The molecule has 4 rings (SSSR count). The number of methoxy groups -OCH3 is 1. The van der Waals surface area contributed by atoms with Gasteiger partial charge >= 0.3 is 0 Å². The highest BCUT2D eigenvalue weighted by atomic mass is 32.2. The fraction of sp³-hybridized carbons (Fsp3) is 0.308. The Hall–Kier alpha value is -3.07. The summed E-state index contributed by atoms with van der Waals surface area (Å²) < 4.78 is 33.0. The molecule has 0 spiro atoms. The number of sulfonamides is 1. The molecule has 1 fully saturated rings. The van der Waals surface area contributed by atoms with Gasteiger partial charge in [-0.2, -0.15) is 0 Å². The second-order valence-corrected chi connectivity index (χ2v) is 10.1. The molecule has 1 heterocycles. The third-order valence-corrected chi connectivity index (χ3v) is 7.53. The molecule has 0 amide bonds. The van der Waals surface area contributed by atoms with E-state index in [1.165, 1.54) is 12.1 Å². The molecule has 0 bridgehead atoms. The molecule has 8 heteroatoms. The average molecular weight is 482 g/mol. The zero-order valence-corrected chi connectivity index (χ0v) is 20.0. The summed E-state index contributed by atoms with van der Waals surface area (Å²) in [6, 6.07) is 23.8. The summed E-state index contributed by atoms with van der Waals surface area (Å²) in [6.45, 7) is 2.34. The molecule has 3 N–H and O–H groups in total. The second kappa shape index (κ2) is 10.9. The number of hydrogen-bond acceptors (Lipinski definition) is 6. The van der Waals surface area contributed by atoms with E-state index in [4.69, 9.17) is 4.74 Å². The van der Waals surface area contributed by atoms with Crippen LogP contribution in [0.25, 0.3) is 0 Å². The minimum Gasteiger partial charge on any atom is -0.497 e. The molecular weight excluding hydrogens is 450 g/mol. The van der Waals surface area contributed by atoms with E-state index in [1.807, 2.05) is 42.5 Å². The Bertz CT molecular complexity index is 1140. The second-order valence-electron chi connectivity index (χ2n) is 8.42. The summed E-state index contributed by atoms with van der Waals surface area (Å²) in [5.41, 5.74) is 2.51. The minimum atomic E-state index is -3.66. The molecule has 180 valence electrons. The van der Waals surface area contributed by atoms with Crippen molar-refractivity contribution >= 4 is 21.4 Å². The maximum Gasteiger partial charge on any atom is 0.261 e. The van der Waals surface area contributed by atoms with Crippen LogP contribution in [0.15, 0.2) is 83.8 Å². The molecule has 0 aromatic heterocycles. The van der Waals surface area contributed by atoms with Crippen LogP contribution < -0.4 is 19.7 Å². The maximum atomic E-state index is 12.6. The van der Waals surface area contributed by atoms with Gasteiger partial charge in [0.25, 0.3) is 10.0 Å². The van der Waals surface area contributed by atoms with Gasteiger partial charge in [0.15, 0.2) is 0 Å². The number of aliphatic hydroxyl groups is 1. The Kier molecular flexibility index (Phi) is 7.72. The van der Waals surface area contributed by atoms with Gasteiger partial charge < -0.3 is 20.1 Å². The highest BCUT2D eigenvalue weighted by Gasteiger charge is 2.21. The van der Waals surface area contributed by atoms with Gasteiger partial charge in [-0.3, -0.25) is 4.72 Å². The van der Waals surface area contributed by atoms with E-state index in [9.17, 15) is 13.5 Å². The molecule has 0 radical (unpaired) electrons. The maximum absolute atomic E-state index is 12.6. The first-order valence-corrected chi connectivity index (χ1v) is 12.9. The van der Waals surface area contributed by atoms with E-state index in [0.717, 1.165) is 37.2 Å². The standard InChI is InChI=1S/C26H31N3O4S/c1-33-24-11-13-25(14-12-24)34(31,32)28-22-7-9-23(10-8-22)29-17-15-21(16-18-29)27-19-26(30)20-5-3-2-4-6-20/h2-14,21,26-28,30H,15-19H2,1H3/t26-/m0/s1. The van der Waals surface area contributed by atoms with E-state index in [2.05, 4.69) is 14.9 Å². The average Bonchev–Trinajstić information content (AvgIpc) is 2.88. The van der Waals surface area contributed by atoms with Crippen molar-refractivity contribution in [2.45, 2.75) is 29.9 Å². The quantitative estimate of drug-likeness (QED) is 0.431. The fourth-order valence-electron chi connectivity index (χ4n) is 4.12. The molecule has 1 saturated heterocycles. The number of nitrogens with zero attached hydrogens (tertiary/aromatic N) is 1. The van der Waals surface area contributed by atoms with Crippen molar-refractivity contribution in [2.75, 3.05) is 36.4 Å². The van der Waals surface area contributed by atoms with Gasteiger partial charge in [-0.1, -0.05) is 30.3 Å². The lowest BCUT2D eigenvalue weighted by Crippen LogP contribution is -2.43. The molecule has 34 heavy (non-hydrogen) atoms. The summed E-state index contributed by atoms with van der Waals surface area (Å²) in [4.78, 5) is 2.48. The molecule has 3 aromatic carbocycles. The summed E-state index contributed by atoms with van der Waals surface area (Å²) >= 11 is 0. The lowest BCUT2D eigenvalue weighted by molar-refractivity contribution is 0.167. The molecule has 1 atom stereocenters. The number of piperidine rings is 1. The van der Waals surface area contributed by atoms with Crippen LogP contribution in [0, 0.1) is 0 Å². The number of hydrogen-bond donors (Lipinski definition) is 3. The van der Waals surface area contributed by atoms with Gasteiger partial charge in [0.1, 0.15) is 5.75 Å². The van der Waals surface area contributed by atoms with Crippen molar-refractivity contribution in [2.24, 2.45) is 0 Å². The van der Waals surface area contributed by atoms with Gasteiger partial charge in [-0.05, 0) is 66.9 Å². The molecule has 0 aliphatic carbocycles. The molecule has 7 nitrogen and oxygen atoms in total. The molecule has 1 aliphatic heterocycles. The lowest BCUT2D eigenvalue weighted by Gasteiger charge is -2.34. The van der Waals surface area contributed by atoms with Crippen LogP contribution in [-0.2, 0) is 10.0 Å². The van der Waals surface area contributed by atoms with Gasteiger partial charge in [-0.25, -0.2) is 8.42 Å².